The molecule has 1 amide bonds. The average molecular weight is 470 g/mol. The molecule has 0 spiro atoms. The van der Waals surface area contributed by atoms with Crippen molar-refractivity contribution in [1.82, 2.24) is 9.88 Å². The molecule has 4 aromatic rings. The number of carbonyl (C=O) groups is 2. The number of para-hydroxylation sites is 1. The molecule has 5 rings (SSSR count). The van der Waals surface area contributed by atoms with Crippen molar-refractivity contribution in [1.29, 1.82) is 0 Å². The maximum atomic E-state index is 13.7. The number of aliphatic hydroxyl groups excluding tert-OH is 1. The molecule has 1 aliphatic heterocycles. The number of furan rings is 1. The molecule has 0 saturated carbocycles. The molecule has 35 heavy (non-hydrogen) atoms. The average Bonchev–Trinajstić information content (AvgIpc) is 3.43. The molecule has 1 unspecified atom stereocenters. The number of carbonyl (C=O) groups excluding carboxylic acids is 2. The van der Waals surface area contributed by atoms with E-state index in [1.807, 2.05) is 12.1 Å². The molecular weight excluding hydrogens is 448 g/mol. The van der Waals surface area contributed by atoms with E-state index >= 15 is 0 Å². The molecule has 1 N–H and O–H groups in total. The lowest BCUT2D eigenvalue weighted by molar-refractivity contribution is -0.130. The van der Waals surface area contributed by atoms with Crippen molar-refractivity contribution in [2.75, 3.05) is 14.2 Å². The number of ketones is 1. The second-order valence-corrected chi connectivity index (χ2v) is 8.05. The topological polar surface area (TPSA) is 102 Å². The summed E-state index contributed by atoms with van der Waals surface area (Å²) in [5.41, 5.74) is 1.85. The van der Waals surface area contributed by atoms with Crippen LogP contribution in [0.1, 0.15) is 27.7 Å². The van der Waals surface area contributed by atoms with Crippen LogP contribution in [0.3, 0.4) is 0 Å². The lowest BCUT2D eigenvalue weighted by Gasteiger charge is -2.27. The molecule has 0 radical (unpaired) electrons. The first-order chi connectivity index (χ1) is 17.0. The lowest BCUT2D eigenvalue weighted by Crippen LogP contribution is -2.30. The normalized spacial score (nSPS) is 15.7. The van der Waals surface area contributed by atoms with E-state index in [4.69, 9.17) is 13.9 Å². The van der Waals surface area contributed by atoms with Crippen LogP contribution in [0.5, 0.6) is 11.5 Å². The van der Waals surface area contributed by atoms with E-state index in [1.165, 1.54) is 19.1 Å². The number of Topliss-reactive ketones (excluding diaryl/α,β-unsaturated/α-hetero) is 1. The highest BCUT2D eigenvalue weighted by Gasteiger charge is 2.44. The van der Waals surface area contributed by atoms with Crippen LogP contribution in [-0.2, 0) is 11.3 Å². The van der Waals surface area contributed by atoms with E-state index in [1.54, 1.807) is 60.9 Å². The number of hydrogen-bond donors (Lipinski definition) is 1. The Hall–Kier alpha value is -4.59. The molecule has 1 atom stereocenters. The Morgan fingerprint density at radius 1 is 1.03 bits per heavy atom. The zero-order chi connectivity index (χ0) is 24.5. The van der Waals surface area contributed by atoms with Gasteiger partial charge in [-0.3, -0.25) is 14.6 Å². The maximum absolute atomic E-state index is 13.7. The van der Waals surface area contributed by atoms with E-state index in [0.717, 1.165) is 10.9 Å². The van der Waals surface area contributed by atoms with Gasteiger partial charge in [0.25, 0.3) is 5.91 Å². The summed E-state index contributed by atoms with van der Waals surface area (Å²) in [6.45, 7) is 0.154. The minimum absolute atomic E-state index is 0.0387. The first-order valence-electron chi connectivity index (χ1n) is 10.9. The highest BCUT2D eigenvalue weighted by atomic mass is 16.5. The smallest absolute Gasteiger partial charge is 0.290 e. The Morgan fingerprint density at radius 2 is 1.77 bits per heavy atom. The number of fused-ring (bicyclic) bond motifs is 1. The summed E-state index contributed by atoms with van der Waals surface area (Å²) >= 11 is 0. The Labute approximate surface area is 201 Å². The van der Waals surface area contributed by atoms with Crippen molar-refractivity contribution < 1.29 is 28.6 Å². The van der Waals surface area contributed by atoms with Gasteiger partial charge >= 0.3 is 0 Å². The van der Waals surface area contributed by atoms with Gasteiger partial charge in [-0.05, 0) is 47.5 Å². The van der Waals surface area contributed by atoms with Crippen molar-refractivity contribution in [3.63, 3.8) is 0 Å². The van der Waals surface area contributed by atoms with E-state index in [9.17, 15) is 14.7 Å². The third-order valence-electron chi connectivity index (χ3n) is 6.02. The summed E-state index contributed by atoms with van der Waals surface area (Å²) in [6.07, 6.45) is 3.24. The number of aliphatic hydroxyl groups is 1. The second kappa shape index (κ2) is 8.98. The summed E-state index contributed by atoms with van der Waals surface area (Å²) in [4.78, 5) is 32.4. The molecule has 0 aliphatic carbocycles. The number of pyridine rings is 1. The second-order valence-electron chi connectivity index (χ2n) is 8.05. The molecule has 8 heteroatoms. The summed E-state index contributed by atoms with van der Waals surface area (Å²) in [7, 11) is 3.03. The Bertz CT molecular complexity index is 1420. The largest absolute Gasteiger partial charge is 0.503 e. The SMILES string of the molecule is COc1ccc(C2C(C(=O)c3cc4ccccc4o3)=C(O)C(=O)N2Cc2ccncc2)cc1OC. The molecule has 8 nitrogen and oxygen atoms in total. The Balaban J connectivity index is 1.63. The van der Waals surface area contributed by atoms with Gasteiger partial charge < -0.3 is 23.9 Å². The van der Waals surface area contributed by atoms with E-state index < -0.39 is 23.5 Å². The van der Waals surface area contributed by atoms with Gasteiger partial charge in [-0.25, -0.2) is 0 Å². The van der Waals surface area contributed by atoms with Gasteiger partial charge in [0.05, 0.1) is 25.8 Å². The number of aromatic nitrogens is 1. The summed E-state index contributed by atoms with van der Waals surface area (Å²) in [5.74, 6) is -0.853. The van der Waals surface area contributed by atoms with E-state index in [-0.39, 0.29) is 17.9 Å². The van der Waals surface area contributed by atoms with Gasteiger partial charge in [-0.2, -0.15) is 0 Å². The van der Waals surface area contributed by atoms with Crippen molar-refractivity contribution in [2.45, 2.75) is 12.6 Å². The first-order valence-corrected chi connectivity index (χ1v) is 10.9. The van der Waals surface area contributed by atoms with Crippen molar-refractivity contribution >= 4 is 22.7 Å². The minimum atomic E-state index is -0.879. The number of benzene rings is 2. The fourth-order valence-electron chi connectivity index (χ4n) is 4.33. The fraction of sp³-hybridized carbons (Fsp3) is 0.148. The van der Waals surface area contributed by atoms with Crippen LogP contribution in [0.4, 0.5) is 0 Å². The molecule has 176 valence electrons. The monoisotopic (exact) mass is 470 g/mol. The highest BCUT2D eigenvalue weighted by molar-refractivity contribution is 6.16. The number of nitrogens with zero attached hydrogens (tertiary/aromatic N) is 2. The third kappa shape index (κ3) is 3.89. The molecular formula is C27H22N2O6. The first kappa shape index (κ1) is 22.2. The summed E-state index contributed by atoms with van der Waals surface area (Å²) in [5, 5.41) is 11.7. The lowest BCUT2D eigenvalue weighted by atomic mass is 9.94. The van der Waals surface area contributed by atoms with Gasteiger partial charge in [-0.1, -0.05) is 24.3 Å². The maximum Gasteiger partial charge on any atom is 0.290 e. The van der Waals surface area contributed by atoms with Crippen molar-refractivity contribution in [2.24, 2.45) is 0 Å². The van der Waals surface area contributed by atoms with Crippen LogP contribution >= 0.6 is 0 Å². The third-order valence-corrected chi connectivity index (χ3v) is 6.02. The van der Waals surface area contributed by atoms with Crippen LogP contribution < -0.4 is 9.47 Å². The Morgan fingerprint density at radius 3 is 2.49 bits per heavy atom. The van der Waals surface area contributed by atoms with Crippen molar-refractivity contribution in [3.8, 4) is 11.5 Å². The predicted molar refractivity (Wildman–Crippen MR) is 127 cm³/mol. The number of methoxy groups -OCH3 is 2. The van der Waals surface area contributed by atoms with Crippen LogP contribution in [0, 0.1) is 0 Å². The van der Waals surface area contributed by atoms with Crippen LogP contribution in [0.25, 0.3) is 11.0 Å². The van der Waals surface area contributed by atoms with Gasteiger partial charge in [0.15, 0.2) is 23.0 Å². The zero-order valence-electron chi connectivity index (χ0n) is 19.1. The summed E-state index contributed by atoms with van der Waals surface area (Å²) in [6, 6.07) is 16.6. The van der Waals surface area contributed by atoms with Gasteiger partial charge in [-0.15, -0.1) is 0 Å². The molecule has 1 aliphatic rings. The fourth-order valence-corrected chi connectivity index (χ4v) is 4.33. The quantitative estimate of drug-likeness (QED) is 0.393. The van der Waals surface area contributed by atoms with Crippen LogP contribution in [-0.4, -0.2) is 40.9 Å². The number of amides is 1. The molecule has 0 saturated heterocycles. The number of hydrogen-bond acceptors (Lipinski definition) is 7. The molecule has 2 aromatic carbocycles. The van der Waals surface area contributed by atoms with E-state index in [0.29, 0.717) is 22.6 Å². The standard InChI is InChI=1S/C27H22N2O6/c1-33-20-8-7-18(14-21(20)34-2)24-23(25(30)22-13-17-5-3-4-6-19(17)35-22)26(31)27(32)29(24)15-16-9-11-28-12-10-16/h3-14,24,31H,15H2,1-2H3. The predicted octanol–water partition coefficient (Wildman–Crippen LogP) is 4.62. The van der Waals surface area contributed by atoms with Crippen LogP contribution in [0.2, 0.25) is 0 Å². The van der Waals surface area contributed by atoms with Gasteiger partial charge in [0, 0.05) is 24.3 Å². The van der Waals surface area contributed by atoms with E-state index in [2.05, 4.69) is 4.98 Å². The van der Waals surface area contributed by atoms with Crippen molar-refractivity contribution in [3.05, 3.63) is 101 Å². The van der Waals surface area contributed by atoms with Gasteiger partial charge in [0.1, 0.15) is 5.58 Å². The van der Waals surface area contributed by atoms with Gasteiger partial charge in [0.2, 0.25) is 5.78 Å². The molecule has 3 heterocycles. The molecule has 0 bridgehead atoms. The zero-order valence-corrected chi connectivity index (χ0v) is 19.1. The number of ether oxygens (including phenoxy) is 2. The highest BCUT2D eigenvalue weighted by Crippen LogP contribution is 2.42. The number of rotatable bonds is 7. The summed E-state index contributed by atoms with van der Waals surface area (Å²) < 4.78 is 16.6. The molecule has 0 fully saturated rings. The molecule has 2 aromatic heterocycles. The minimum Gasteiger partial charge on any atom is -0.503 e. The van der Waals surface area contributed by atoms with Crippen LogP contribution in [0.15, 0.2) is 88.8 Å². The Kier molecular flexibility index (Phi) is 5.70.